The minimum atomic E-state index is -1.41. The van der Waals surface area contributed by atoms with Crippen LogP contribution in [0.2, 0.25) is 0 Å². The van der Waals surface area contributed by atoms with Crippen molar-refractivity contribution in [1.29, 1.82) is 0 Å². The Kier molecular flexibility index (Phi) is 4.97. The van der Waals surface area contributed by atoms with E-state index < -0.39 is 11.4 Å². The number of hydrogen-bond donors (Lipinski definition) is 1. The summed E-state index contributed by atoms with van der Waals surface area (Å²) >= 11 is -1.41. The van der Waals surface area contributed by atoms with Crippen molar-refractivity contribution < 1.29 is 9.29 Å². The van der Waals surface area contributed by atoms with Crippen LogP contribution < -0.4 is 5.14 Å². The summed E-state index contributed by atoms with van der Waals surface area (Å²) < 4.78 is 16.3. The smallest absolute Gasteiger partial charge is 0.163 e. The molecular formula is C9H15N3O2S. The van der Waals surface area contributed by atoms with Crippen LogP contribution in [0.4, 0.5) is 0 Å². The maximum absolute atomic E-state index is 10.9. The maximum atomic E-state index is 10.9. The third-order valence-corrected chi connectivity index (χ3v) is 2.40. The van der Waals surface area contributed by atoms with E-state index in [1.165, 1.54) is 0 Å². The highest BCUT2D eigenvalue weighted by Crippen LogP contribution is 2.14. The molecule has 15 heavy (non-hydrogen) atoms. The Bertz CT molecular complexity index is 292. The summed E-state index contributed by atoms with van der Waals surface area (Å²) in [4.78, 5) is 8.25. The van der Waals surface area contributed by atoms with Crippen molar-refractivity contribution >= 4 is 11.4 Å². The molecule has 0 aliphatic heterocycles. The zero-order valence-electron chi connectivity index (χ0n) is 8.84. The standard InChI is InChI=1S/C9H15N3O2S/c1-3-14-8(6-15(10)13)9-11-4-7(2)5-12-9/h4-5,8H,3,6,10H2,1-2H3. The van der Waals surface area contributed by atoms with Crippen LogP contribution in [-0.4, -0.2) is 26.9 Å². The molecule has 2 unspecified atom stereocenters. The van der Waals surface area contributed by atoms with E-state index in [1.807, 2.05) is 13.8 Å². The Morgan fingerprint density at radius 2 is 2.13 bits per heavy atom. The van der Waals surface area contributed by atoms with Crippen molar-refractivity contribution in [1.82, 2.24) is 9.97 Å². The zero-order valence-corrected chi connectivity index (χ0v) is 9.66. The normalized spacial score (nSPS) is 14.9. The third-order valence-electron chi connectivity index (χ3n) is 1.77. The summed E-state index contributed by atoms with van der Waals surface area (Å²) in [6, 6.07) is 0. The number of rotatable bonds is 5. The van der Waals surface area contributed by atoms with Gasteiger partial charge in [0.15, 0.2) is 17.7 Å². The molecule has 1 heterocycles. The second-order valence-corrected chi connectivity index (χ2v) is 4.20. The summed E-state index contributed by atoms with van der Waals surface area (Å²) in [5.41, 5.74) is 0.975. The van der Waals surface area contributed by atoms with Crippen LogP contribution in [0.1, 0.15) is 24.4 Å². The van der Waals surface area contributed by atoms with Crippen LogP contribution in [0.15, 0.2) is 12.4 Å². The molecule has 1 aromatic rings. The molecule has 1 aromatic heterocycles. The molecule has 0 amide bonds. The molecule has 0 spiro atoms. The van der Waals surface area contributed by atoms with Gasteiger partial charge in [0, 0.05) is 30.4 Å². The van der Waals surface area contributed by atoms with Crippen LogP contribution in [-0.2, 0) is 16.1 Å². The lowest BCUT2D eigenvalue weighted by molar-refractivity contribution is 0.0722. The summed E-state index contributed by atoms with van der Waals surface area (Å²) in [6.07, 6.45) is 3.02. The second-order valence-electron chi connectivity index (χ2n) is 3.11. The van der Waals surface area contributed by atoms with Gasteiger partial charge in [0.2, 0.25) is 0 Å². The van der Waals surface area contributed by atoms with Gasteiger partial charge in [-0.25, -0.2) is 9.97 Å². The Labute approximate surface area is 92.4 Å². The number of nitrogens with zero attached hydrogens (tertiary/aromatic N) is 2. The fourth-order valence-corrected chi connectivity index (χ4v) is 1.66. The molecule has 0 aromatic carbocycles. The van der Waals surface area contributed by atoms with Gasteiger partial charge in [0.25, 0.3) is 0 Å². The first-order valence-corrected chi connectivity index (χ1v) is 6.04. The van der Waals surface area contributed by atoms with Gasteiger partial charge >= 0.3 is 0 Å². The monoisotopic (exact) mass is 229 g/mol. The molecule has 5 nitrogen and oxygen atoms in total. The van der Waals surface area contributed by atoms with E-state index in [4.69, 9.17) is 9.88 Å². The van der Waals surface area contributed by atoms with Gasteiger partial charge < -0.3 is 9.29 Å². The number of hydrogen-bond acceptors (Lipinski definition) is 5. The predicted molar refractivity (Wildman–Crippen MR) is 58.3 cm³/mol. The van der Waals surface area contributed by atoms with E-state index >= 15 is 0 Å². The first kappa shape index (κ1) is 12.4. The van der Waals surface area contributed by atoms with Crippen LogP contribution in [0.25, 0.3) is 0 Å². The van der Waals surface area contributed by atoms with Gasteiger partial charge in [-0.3, -0.25) is 0 Å². The molecule has 0 aliphatic carbocycles. The molecule has 1 rings (SSSR count). The first-order chi connectivity index (χ1) is 7.13. The third kappa shape index (κ3) is 4.13. The van der Waals surface area contributed by atoms with Gasteiger partial charge in [-0.2, -0.15) is 5.14 Å². The first-order valence-electron chi connectivity index (χ1n) is 4.66. The van der Waals surface area contributed by atoms with Crippen LogP contribution >= 0.6 is 0 Å². The largest absolute Gasteiger partial charge is 0.598 e. The SMILES string of the molecule is CCOC(C[S+](N)[O-])c1ncc(C)cn1. The lowest BCUT2D eigenvalue weighted by Gasteiger charge is -2.15. The molecule has 0 saturated carbocycles. The van der Waals surface area contributed by atoms with Crippen LogP contribution in [0, 0.1) is 6.92 Å². The molecule has 2 atom stereocenters. The number of nitrogens with two attached hydrogens (primary N) is 1. The highest BCUT2D eigenvalue weighted by atomic mass is 32.2. The molecule has 0 saturated heterocycles. The van der Waals surface area contributed by atoms with E-state index in [1.54, 1.807) is 12.4 Å². The zero-order chi connectivity index (χ0) is 11.3. The van der Waals surface area contributed by atoms with Gasteiger partial charge in [-0.15, -0.1) is 0 Å². The van der Waals surface area contributed by atoms with E-state index in [0.717, 1.165) is 5.56 Å². The summed E-state index contributed by atoms with van der Waals surface area (Å²) in [5, 5.41) is 5.23. The van der Waals surface area contributed by atoms with Crippen molar-refractivity contribution in [2.75, 3.05) is 12.4 Å². The van der Waals surface area contributed by atoms with E-state index in [0.29, 0.717) is 12.4 Å². The Morgan fingerprint density at radius 1 is 1.53 bits per heavy atom. The molecule has 0 aliphatic rings. The molecular weight excluding hydrogens is 214 g/mol. The van der Waals surface area contributed by atoms with Crippen molar-refractivity contribution in [3.05, 3.63) is 23.8 Å². The molecule has 84 valence electrons. The number of ether oxygens (including phenoxy) is 1. The Hall–Kier alpha value is -0.690. The van der Waals surface area contributed by atoms with E-state index in [9.17, 15) is 4.55 Å². The average Bonchev–Trinajstić information content (AvgIpc) is 2.17. The van der Waals surface area contributed by atoms with Crippen molar-refractivity contribution in [3.63, 3.8) is 0 Å². The molecule has 6 heteroatoms. The second kappa shape index (κ2) is 6.02. The molecule has 0 fully saturated rings. The summed E-state index contributed by atoms with van der Waals surface area (Å²) in [6.45, 7) is 4.28. The lowest BCUT2D eigenvalue weighted by atomic mass is 10.3. The van der Waals surface area contributed by atoms with Crippen molar-refractivity contribution in [3.8, 4) is 0 Å². The van der Waals surface area contributed by atoms with Crippen molar-refractivity contribution in [2.24, 2.45) is 5.14 Å². The Morgan fingerprint density at radius 3 is 2.60 bits per heavy atom. The Balaban J connectivity index is 2.74. The fraction of sp³-hybridized carbons (Fsp3) is 0.556. The van der Waals surface area contributed by atoms with Crippen LogP contribution in [0.5, 0.6) is 0 Å². The van der Waals surface area contributed by atoms with Crippen LogP contribution in [0.3, 0.4) is 0 Å². The maximum Gasteiger partial charge on any atom is 0.163 e. The molecule has 0 radical (unpaired) electrons. The predicted octanol–water partition coefficient (Wildman–Crippen LogP) is 0.485. The highest BCUT2D eigenvalue weighted by molar-refractivity contribution is 7.89. The quantitative estimate of drug-likeness (QED) is 0.743. The highest BCUT2D eigenvalue weighted by Gasteiger charge is 2.20. The van der Waals surface area contributed by atoms with Gasteiger partial charge in [0.05, 0.1) is 0 Å². The summed E-state index contributed by atoms with van der Waals surface area (Å²) in [5.74, 6) is 0.748. The van der Waals surface area contributed by atoms with Gasteiger partial charge in [-0.1, -0.05) is 0 Å². The van der Waals surface area contributed by atoms with Gasteiger partial charge in [0.1, 0.15) is 0 Å². The van der Waals surface area contributed by atoms with E-state index in [-0.39, 0.29) is 11.9 Å². The number of aromatic nitrogens is 2. The average molecular weight is 229 g/mol. The summed E-state index contributed by atoms with van der Waals surface area (Å²) in [7, 11) is 0. The topological polar surface area (TPSA) is 84.1 Å². The minimum Gasteiger partial charge on any atom is -0.598 e. The van der Waals surface area contributed by atoms with Gasteiger partial charge in [-0.05, 0) is 19.4 Å². The van der Waals surface area contributed by atoms with E-state index in [2.05, 4.69) is 9.97 Å². The minimum absolute atomic E-state index is 0.219. The number of aryl methyl sites for hydroxylation is 1. The lowest BCUT2D eigenvalue weighted by Crippen LogP contribution is -2.24. The molecule has 2 N–H and O–H groups in total. The van der Waals surface area contributed by atoms with Crippen molar-refractivity contribution in [2.45, 2.75) is 20.0 Å². The molecule has 0 bridgehead atoms. The fourth-order valence-electron chi connectivity index (χ4n) is 1.12.